The number of carbonyl (C=O) groups is 1. The number of hydrogen-bond acceptors (Lipinski definition) is 2. The highest BCUT2D eigenvalue weighted by molar-refractivity contribution is 5.95. The molecule has 0 unspecified atom stereocenters. The van der Waals surface area contributed by atoms with E-state index in [9.17, 15) is 9.18 Å². The van der Waals surface area contributed by atoms with E-state index >= 15 is 0 Å². The zero-order valence-corrected chi connectivity index (χ0v) is 9.66. The van der Waals surface area contributed by atoms with Gasteiger partial charge in [0.25, 0.3) is 0 Å². The summed E-state index contributed by atoms with van der Waals surface area (Å²) >= 11 is 0. The molecule has 1 N–H and O–H groups in total. The average Bonchev–Trinajstić information content (AvgIpc) is 2.72. The Balaban J connectivity index is 2.05. The highest BCUT2D eigenvalue weighted by Gasteiger charge is 2.24. The molecule has 0 aromatic heterocycles. The summed E-state index contributed by atoms with van der Waals surface area (Å²) in [5.74, 6) is -0.290. The summed E-state index contributed by atoms with van der Waals surface area (Å²) in [6, 6.07) is 4.59. The molecule has 3 nitrogen and oxygen atoms in total. The van der Waals surface area contributed by atoms with Gasteiger partial charge in [0.05, 0.1) is 0 Å². The molecule has 0 spiro atoms. The number of nitrogens with zero attached hydrogens (tertiary/aromatic N) is 1. The zero-order chi connectivity index (χ0) is 12.3. The lowest BCUT2D eigenvalue weighted by Crippen LogP contribution is -2.28. The maximum Gasteiger partial charge on any atom is 0.226 e. The summed E-state index contributed by atoms with van der Waals surface area (Å²) < 4.78 is 13.1. The molecule has 92 valence electrons. The minimum Gasteiger partial charge on any atom is -0.396 e. The van der Waals surface area contributed by atoms with E-state index in [0.717, 1.165) is 12.0 Å². The first kappa shape index (κ1) is 12.0. The third-order valence-electron chi connectivity index (χ3n) is 3.04. The number of aliphatic hydroxyl groups excluding tert-OH is 1. The molecule has 1 aliphatic heterocycles. The van der Waals surface area contributed by atoms with Crippen molar-refractivity contribution in [2.75, 3.05) is 18.1 Å². The van der Waals surface area contributed by atoms with Gasteiger partial charge in [-0.15, -0.1) is 0 Å². The van der Waals surface area contributed by atoms with E-state index < -0.39 is 0 Å². The summed E-state index contributed by atoms with van der Waals surface area (Å²) in [7, 11) is 0. The number of fused-ring (bicyclic) bond motifs is 1. The second-order valence-electron chi connectivity index (χ2n) is 4.25. The lowest BCUT2D eigenvalue weighted by molar-refractivity contribution is -0.118. The minimum atomic E-state index is -0.307. The van der Waals surface area contributed by atoms with Crippen LogP contribution in [0, 0.1) is 5.82 Å². The van der Waals surface area contributed by atoms with Crippen LogP contribution in [-0.4, -0.2) is 24.2 Å². The van der Waals surface area contributed by atoms with Crippen LogP contribution in [0.1, 0.15) is 24.8 Å². The molecule has 1 aromatic carbocycles. The Labute approximate surface area is 99.9 Å². The van der Waals surface area contributed by atoms with E-state index in [0.29, 0.717) is 31.5 Å². The second kappa shape index (κ2) is 5.27. The fraction of sp³-hybridized carbons (Fsp3) is 0.462. The number of halogens is 1. The van der Waals surface area contributed by atoms with Crippen molar-refractivity contribution < 1.29 is 14.3 Å². The molecule has 0 saturated carbocycles. The number of aliphatic hydroxyl groups is 1. The van der Waals surface area contributed by atoms with Gasteiger partial charge in [-0.25, -0.2) is 4.39 Å². The molecule has 4 heteroatoms. The standard InChI is InChI=1S/C13H16FNO2/c14-11-5-4-10-6-7-15(12(10)9-11)13(17)3-1-2-8-16/h4-5,9,16H,1-3,6-8H2. The first-order chi connectivity index (χ1) is 8.22. The lowest BCUT2D eigenvalue weighted by Gasteiger charge is -2.17. The van der Waals surface area contributed by atoms with Crippen LogP contribution >= 0.6 is 0 Å². The van der Waals surface area contributed by atoms with Crippen LogP contribution in [-0.2, 0) is 11.2 Å². The Hall–Kier alpha value is -1.42. The molecule has 1 aliphatic rings. The summed E-state index contributed by atoms with van der Waals surface area (Å²) in [6.07, 6.45) is 2.52. The number of amides is 1. The fourth-order valence-electron chi connectivity index (χ4n) is 2.13. The largest absolute Gasteiger partial charge is 0.396 e. The molecule has 0 aliphatic carbocycles. The normalized spacial score (nSPS) is 13.9. The maximum atomic E-state index is 13.1. The van der Waals surface area contributed by atoms with Gasteiger partial charge in [0, 0.05) is 25.3 Å². The number of carbonyl (C=O) groups excluding carboxylic acids is 1. The van der Waals surface area contributed by atoms with Crippen molar-refractivity contribution in [3.63, 3.8) is 0 Å². The molecule has 0 fully saturated rings. The fourth-order valence-corrected chi connectivity index (χ4v) is 2.13. The molecular formula is C13H16FNO2. The highest BCUT2D eigenvalue weighted by Crippen LogP contribution is 2.29. The molecule has 2 rings (SSSR count). The topological polar surface area (TPSA) is 40.5 Å². The molecular weight excluding hydrogens is 221 g/mol. The quantitative estimate of drug-likeness (QED) is 0.812. The number of hydrogen-bond donors (Lipinski definition) is 1. The van der Waals surface area contributed by atoms with Crippen LogP contribution in [0.2, 0.25) is 0 Å². The third-order valence-corrected chi connectivity index (χ3v) is 3.04. The van der Waals surface area contributed by atoms with E-state index in [1.807, 2.05) is 0 Å². The number of anilines is 1. The predicted molar refractivity (Wildman–Crippen MR) is 63.4 cm³/mol. The number of unbranched alkanes of at least 4 members (excludes halogenated alkanes) is 1. The van der Waals surface area contributed by atoms with Gasteiger partial charge in [0.2, 0.25) is 5.91 Å². The summed E-state index contributed by atoms with van der Waals surface area (Å²) in [5.41, 5.74) is 1.74. The third kappa shape index (κ3) is 2.64. The summed E-state index contributed by atoms with van der Waals surface area (Å²) in [6.45, 7) is 0.745. The lowest BCUT2D eigenvalue weighted by atomic mass is 10.1. The van der Waals surface area contributed by atoms with Crippen molar-refractivity contribution in [2.45, 2.75) is 25.7 Å². The second-order valence-corrected chi connectivity index (χ2v) is 4.25. The summed E-state index contributed by atoms with van der Waals surface area (Å²) in [5, 5.41) is 8.66. The average molecular weight is 237 g/mol. The van der Waals surface area contributed by atoms with Gasteiger partial charge in [-0.05, 0) is 37.0 Å². The molecule has 1 aromatic rings. The van der Waals surface area contributed by atoms with E-state index in [-0.39, 0.29) is 18.3 Å². The number of benzene rings is 1. The highest BCUT2D eigenvalue weighted by atomic mass is 19.1. The van der Waals surface area contributed by atoms with E-state index in [1.165, 1.54) is 12.1 Å². The molecule has 0 bridgehead atoms. The van der Waals surface area contributed by atoms with E-state index in [1.54, 1.807) is 11.0 Å². The van der Waals surface area contributed by atoms with E-state index in [4.69, 9.17) is 5.11 Å². The smallest absolute Gasteiger partial charge is 0.226 e. The zero-order valence-electron chi connectivity index (χ0n) is 9.66. The van der Waals surface area contributed by atoms with Crippen LogP contribution in [0.4, 0.5) is 10.1 Å². The van der Waals surface area contributed by atoms with Crippen molar-refractivity contribution in [1.29, 1.82) is 0 Å². The van der Waals surface area contributed by atoms with Crippen LogP contribution in [0.3, 0.4) is 0 Å². The first-order valence-electron chi connectivity index (χ1n) is 5.92. The van der Waals surface area contributed by atoms with Crippen LogP contribution in [0.25, 0.3) is 0 Å². The molecule has 0 radical (unpaired) electrons. The first-order valence-corrected chi connectivity index (χ1v) is 5.92. The van der Waals surface area contributed by atoms with Crippen molar-refractivity contribution in [1.82, 2.24) is 0 Å². The van der Waals surface area contributed by atoms with Crippen LogP contribution in [0.15, 0.2) is 18.2 Å². The van der Waals surface area contributed by atoms with Crippen molar-refractivity contribution in [3.8, 4) is 0 Å². The van der Waals surface area contributed by atoms with Crippen molar-refractivity contribution in [2.24, 2.45) is 0 Å². The SMILES string of the molecule is O=C(CCCCO)N1CCc2ccc(F)cc21. The van der Waals surface area contributed by atoms with Crippen LogP contribution < -0.4 is 4.90 Å². The monoisotopic (exact) mass is 237 g/mol. The van der Waals surface area contributed by atoms with Gasteiger partial charge in [-0.2, -0.15) is 0 Å². The van der Waals surface area contributed by atoms with Gasteiger partial charge < -0.3 is 10.0 Å². The Morgan fingerprint density at radius 2 is 2.24 bits per heavy atom. The molecule has 0 saturated heterocycles. The molecule has 1 amide bonds. The number of rotatable bonds is 4. The van der Waals surface area contributed by atoms with E-state index in [2.05, 4.69) is 0 Å². The van der Waals surface area contributed by atoms with Gasteiger partial charge in [0.1, 0.15) is 5.82 Å². The Morgan fingerprint density at radius 3 is 3.00 bits per heavy atom. The summed E-state index contributed by atoms with van der Waals surface area (Å²) in [4.78, 5) is 13.6. The Kier molecular flexibility index (Phi) is 3.74. The Morgan fingerprint density at radius 1 is 1.41 bits per heavy atom. The Bertz CT molecular complexity index is 420. The van der Waals surface area contributed by atoms with Crippen molar-refractivity contribution in [3.05, 3.63) is 29.6 Å². The van der Waals surface area contributed by atoms with Gasteiger partial charge in [-0.3, -0.25) is 4.79 Å². The minimum absolute atomic E-state index is 0.0165. The molecule has 17 heavy (non-hydrogen) atoms. The van der Waals surface area contributed by atoms with Gasteiger partial charge in [-0.1, -0.05) is 6.07 Å². The molecule has 1 heterocycles. The van der Waals surface area contributed by atoms with Gasteiger partial charge in [0.15, 0.2) is 0 Å². The van der Waals surface area contributed by atoms with Crippen molar-refractivity contribution >= 4 is 11.6 Å². The van der Waals surface area contributed by atoms with Crippen LogP contribution in [0.5, 0.6) is 0 Å². The maximum absolute atomic E-state index is 13.1. The van der Waals surface area contributed by atoms with Gasteiger partial charge >= 0.3 is 0 Å². The molecule has 0 atom stereocenters. The predicted octanol–water partition coefficient (Wildman–Crippen LogP) is 1.88.